The first-order chi connectivity index (χ1) is 12.3. The number of imidazole rings is 1. The molecule has 2 amide bonds. The molecule has 1 aromatic heterocycles. The fourth-order valence-corrected chi connectivity index (χ4v) is 4.82. The number of hydrogen-bond acceptors (Lipinski definition) is 3. The van der Waals surface area contributed by atoms with E-state index in [0.717, 1.165) is 73.7 Å². The van der Waals surface area contributed by atoms with Crippen molar-refractivity contribution in [3.63, 3.8) is 0 Å². The summed E-state index contributed by atoms with van der Waals surface area (Å²) in [5.41, 5.74) is 2.19. The molecule has 2 aliphatic rings. The largest absolute Gasteiger partial charge is 0.342 e. The molecule has 1 saturated carbocycles. The number of benzene rings is 1. The monoisotopic (exact) mass is 358 g/mol. The number of carbonyl (C=O) groups is 1. The summed E-state index contributed by atoms with van der Waals surface area (Å²) in [6.07, 6.45) is 4.64. The summed E-state index contributed by atoms with van der Waals surface area (Å²) in [6, 6.07) is 8.36. The molecule has 4 rings (SSSR count). The zero-order valence-electron chi connectivity index (χ0n) is 14.5. The van der Waals surface area contributed by atoms with E-state index in [9.17, 15) is 4.79 Å². The molecule has 134 valence electrons. The molecule has 2 fully saturated rings. The van der Waals surface area contributed by atoms with Gasteiger partial charge in [-0.15, -0.1) is 0 Å². The van der Waals surface area contributed by atoms with E-state index in [1.54, 1.807) is 0 Å². The first-order valence-electron chi connectivity index (χ1n) is 9.35. The second kappa shape index (κ2) is 7.68. The number of nitrogens with zero attached hydrogens (tertiary/aromatic N) is 2. The molecular weight excluding hydrogens is 332 g/mol. The number of hydrogen-bond donors (Lipinski definition) is 2. The van der Waals surface area contributed by atoms with Crippen LogP contribution in [0.5, 0.6) is 0 Å². The van der Waals surface area contributed by atoms with Crippen LogP contribution in [0.15, 0.2) is 24.3 Å². The van der Waals surface area contributed by atoms with Gasteiger partial charge in [0.2, 0.25) is 0 Å². The number of urea groups is 1. The predicted octanol–water partition coefficient (Wildman–Crippen LogP) is 3.60. The lowest BCUT2D eigenvalue weighted by atomic mass is 9.81. The normalized spacial score (nSPS) is 24.4. The number of rotatable bonds is 3. The molecule has 0 unspecified atom stereocenters. The molecular formula is C19H26N4OS. The van der Waals surface area contributed by atoms with Crippen molar-refractivity contribution in [1.29, 1.82) is 0 Å². The highest BCUT2D eigenvalue weighted by Crippen LogP contribution is 2.35. The number of thioether (sulfide) groups is 1. The lowest BCUT2D eigenvalue weighted by Crippen LogP contribution is -2.45. The summed E-state index contributed by atoms with van der Waals surface area (Å²) >= 11 is 1.93. The highest BCUT2D eigenvalue weighted by molar-refractivity contribution is 7.99. The molecule has 2 N–H and O–H groups in total. The van der Waals surface area contributed by atoms with E-state index >= 15 is 0 Å². The number of para-hydroxylation sites is 2. The molecule has 0 spiro atoms. The Balaban J connectivity index is 1.26. The first-order valence-corrected chi connectivity index (χ1v) is 10.5. The second-order valence-corrected chi connectivity index (χ2v) is 8.37. The van der Waals surface area contributed by atoms with Crippen LogP contribution < -0.4 is 5.32 Å². The minimum absolute atomic E-state index is 0.125. The zero-order chi connectivity index (χ0) is 17.1. The van der Waals surface area contributed by atoms with Gasteiger partial charge in [-0.05, 0) is 43.7 Å². The molecule has 1 saturated heterocycles. The van der Waals surface area contributed by atoms with E-state index in [2.05, 4.69) is 22.4 Å². The Morgan fingerprint density at radius 1 is 1.20 bits per heavy atom. The average molecular weight is 359 g/mol. The predicted molar refractivity (Wildman–Crippen MR) is 103 cm³/mol. The van der Waals surface area contributed by atoms with Crippen LogP contribution in [0.3, 0.4) is 0 Å². The molecule has 25 heavy (non-hydrogen) atoms. The van der Waals surface area contributed by atoms with Crippen molar-refractivity contribution in [3.05, 3.63) is 30.1 Å². The van der Waals surface area contributed by atoms with Crippen LogP contribution in [-0.2, 0) is 0 Å². The van der Waals surface area contributed by atoms with E-state index in [1.807, 2.05) is 28.8 Å². The summed E-state index contributed by atoms with van der Waals surface area (Å²) in [5, 5.41) is 3.15. The Morgan fingerprint density at radius 2 is 1.96 bits per heavy atom. The maximum Gasteiger partial charge on any atom is 0.317 e. The lowest BCUT2D eigenvalue weighted by Gasteiger charge is -2.30. The lowest BCUT2D eigenvalue weighted by molar-refractivity contribution is 0.198. The van der Waals surface area contributed by atoms with Crippen LogP contribution in [0.2, 0.25) is 0 Å². The van der Waals surface area contributed by atoms with Crippen molar-refractivity contribution in [2.45, 2.75) is 31.6 Å². The van der Waals surface area contributed by atoms with Crippen LogP contribution in [-0.4, -0.2) is 52.0 Å². The van der Waals surface area contributed by atoms with Crippen LogP contribution in [0.1, 0.15) is 37.4 Å². The SMILES string of the molecule is O=C(NCC1CCC(c2nc3ccccc3[nH]2)CC1)N1CCSCC1. The average Bonchev–Trinajstić information content (AvgIpc) is 3.11. The zero-order valence-corrected chi connectivity index (χ0v) is 15.4. The minimum Gasteiger partial charge on any atom is -0.342 e. The second-order valence-electron chi connectivity index (χ2n) is 7.14. The van der Waals surface area contributed by atoms with Gasteiger partial charge in [-0.2, -0.15) is 11.8 Å². The summed E-state index contributed by atoms with van der Waals surface area (Å²) < 4.78 is 0. The maximum absolute atomic E-state index is 12.2. The number of fused-ring (bicyclic) bond motifs is 1. The number of aromatic nitrogens is 2. The fourth-order valence-electron chi connectivity index (χ4n) is 3.92. The highest BCUT2D eigenvalue weighted by atomic mass is 32.2. The van der Waals surface area contributed by atoms with E-state index in [4.69, 9.17) is 4.98 Å². The third kappa shape index (κ3) is 3.94. The van der Waals surface area contributed by atoms with Gasteiger partial charge in [0, 0.05) is 37.1 Å². The molecule has 0 radical (unpaired) electrons. The molecule has 1 aromatic carbocycles. The van der Waals surface area contributed by atoms with Gasteiger partial charge in [-0.3, -0.25) is 0 Å². The van der Waals surface area contributed by atoms with Crippen molar-refractivity contribution >= 4 is 28.8 Å². The first kappa shape index (κ1) is 16.8. The molecule has 1 aliphatic carbocycles. The summed E-state index contributed by atoms with van der Waals surface area (Å²) in [6.45, 7) is 2.58. The fraction of sp³-hybridized carbons (Fsp3) is 0.579. The molecule has 0 atom stereocenters. The van der Waals surface area contributed by atoms with E-state index in [0.29, 0.717) is 11.8 Å². The Morgan fingerprint density at radius 3 is 2.72 bits per heavy atom. The maximum atomic E-state index is 12.2. The van der Waals surface area contributed by atoms with Gasteiger partial charge in [-0.1, -0.05) is 12.1 Å². The van der Waals surface area contributed by atoms with Crippen molar-refractivity contribution in [1.82, 2.24) is 20.2 Å². The third-order valence-corrected chi connectivity index (χ3v) is 6.42. The van der Waals surface area contributed by atoms with Crippen molar-refractivity contribution < 1.29 is 4.79 Å². The van der Waals surface area contributed by atoms with Gasteiger partial charge in [0.05, 0.1) is 11.0 Å². The van der Waals surface area contributed by atoms with Crippen LogP contribution in [0.4, 0.5) is 4.79 Å². The smallest absolute Gasteiger partial charge is 0.317 e. The highest BCUT2D eigenvalue weighted by Gasteiger charge is 2.25. The molecule has 2 aromatic rings. The Hall–Kier alpha value is -1.69. The third-order valence-electron chi connectivity index (χ3n) is 5.48. The number of nitrogens with one attached hydrogen (secondary N) is 2. The Kier molecular flexibility index (Phi) is 5.15. The van der Waals surface area contributed by atoms with E-state index < -0.39 is 0 Å². The van der Waals surface area contributed by atoms with Gasteiger partial charge in [0.15, 0.2) is 0 Å². The molecule has 5 nitrogen and oxygen atoms in total. The van der Waals surface area contributed by atoms with Gasteiger partial charge in [0.25, 0.3) is 0 Å². The quantitative estimate of drug-likeness (QED) is 0.881. The van der Waals surface area contributed by atoms with Crippen LogP contribution in [0.25, 0.3) is 11.0 Å². The van der Waals surface area contributed by atoms with Gasteiger partial charge in [0.1, 0.15) is 5.82 Å². The van der Waals surface area contributed by atoms with Gasteiger partial charge in [-0.25, -0.2) is 9.78 Å². The number of amides is 2. The number of aromatic amines is 1. The van der Waals surface area contributed by atoms with Gasteiger partial charge >= 0.3 is 6.03 Å². The van der Waals surface area contributed by atoms with E-state index in [-0.39, 0.29) is 6.03 Å². The van der Waals surface area contributed by atoms with Crippen molar-refractivity contribution in [2.24, 2.45) is 5.92 Å². The topological polar surface area (TPSA) is 61.0 Å². The molecule has 6 heteroatoms. The van der Waals surface area contributed by atoms with Crippen molar-refractivity contribution in [3.8, 4) is 0 Å². The molecule has 0 bridgehead atoms. The Labute approximate surface area is 153 Å². The summed E-state index contributed by atoms with van der Waals surface area (Å²) in [5.74, 6) is 4.39. The number of carbonyl (C=O) groups excluding carboxylic acids is 1. The van der Waals surface area contributed by atoms with Gasteiger partial charge < -0.3 is 15.2 Å². The minimum atomic E-state index is 0.125. The van der Waals surface area contributed by atoms with Crippen LogP contribution >= 0.6 is 11.8 Å². The standard InChI is InChI=1S/C19H26N4OS/c24-19(23-9-11-25-12-10-23)20-13-14-5-7-15(8-6-14)18-21-16-3-1-2-4-17(16)22-18/h1-4,14-15H,5-13H2,(H,20,24)(H,21,22). The number of H-pyrrole nitrogens is 1. The Bertz CT molecular complexity index is 684. The molecule has 2 heterocycles. The van der Waals surface area contributed by atoms with Crippen LogP contribution in [0, 0.1) is 5.92 Å². The summed E-state index contributed by atoms with van der Waals surface area (Å²) in [7, 11) is 0. The summed E-state index contributed by atoms with van der Waals surface area (Å²) in [4.78, 5) is 22.4. The molecule has 1 aliphatic heterocycles. The van der Waals surface area contributed by atoms with Crippen molar-refractivity contribution in [2.75, 3.05) is 31.1 Å². The van der Waals surface area contributed by atoms with E-state index in [1.165, 1.54) is 0 Å².